The van der Waals surface area contributed by atoms with E-state index in [2.05, 4.69) is 82.0 Å². The first-order chi connectivity index (χ1) is 10.0. The smallest absolute Gasteiger partial charge is 0.0558 e. The molecule has 0 bridgehead atoms. The second kappa shape index (κ2) is 10.8. The highest BCUT2D eigenvalue weighted by molar-refractivity contribution is 7.81. The van der Waals surface area contributed by atoms with E-state index in [4.69, 9.17) is 0 Å². The van der Waals surface area contributed by atoms with Crippen molar-refractivity contribution in [3.05, 3.63) is 12.3 Å². The number of hydrogen-bond donors (Lipinski definition) is 4. The average molecular weight is 348 g/mol. The van der Waals surface area contributed by atoms with Gasteiger partial charge in [0.25, 0.3) is 0 Å². The molecule has 0 heterocycles. The molecular weight excluding hydrogens is 310 g/mol. The fourth-order valence-electron chi connectivity index (χ4n) is 2.35. The molecule has 0 aromatic carbocycles. The van der Waals surface area contributed by atoms with Gasteiger partial charge in [0.15, 0.2) is 0 Å². The summed E-state index contributed by atoms with van der Waals surface area (Å²) in [6.45, 7) is 19.7. The summed E-state index contributed by atoms with van der Waals surface area (Å²) < 4.78 is 0.0316. The Labute approximate surface area is 149 Å². The SMILES string of the molecule is C=C(CCCCN(CCNC(C)(C)S)CC(C)(C)S)NCC. The number of rotatable bonds is 13. The molecule has 5 heteroatoms. The van der Waals surface area contributed by atoms with Gasteiger partial charge in [0.05, 0.1) is 4.87 Å². The van der Waals surface area contributed by atoms with Crippen LogP contribution in [0.5, 0.6) is 0 Å². The van der Waals surface area contributed by atoms with Crippen LogP contribution < -0.4 is 10.6 Å². The first-order valence-electron chi connectivity index (χ1n) is 8.37. The van der Waals surface area contributed by atoms with Crippen LogP contribution >= 0.6 is 25.3 Å². The summed E-state index contributed by atoms with van der Waals surface area (Å²) in [5, 5.41) is 6.72. The lowest BCUT2D eigenvalue weighted by Gasteiger charge is -2.30. The minimum atomic E-state index is -0.119. The van der Waals surface area contributed by atoms with Crippen LogP contribution in [0.15, 0.2) is 12.3 Å². The maximum absolute atomic E-state index is 4.68. The topological polar surface area (TPSA) is 27.3 Å². The first kappa shape index (κ1) is 22.2. The molecule has 3 nitrogen and oxygen atoms in total. The molecule has 0 spiro atoms. The van der Waals surface area contributed by atoms with Crippen molar-refractivity contribution in [3.8, 4) is 0 Å². The van der Waals surface area contributed by atoms with E-state index in [1.165, 1.54) is 12.8 Å². The van der Waals surface area contributed by atoms with E-state index in [-0.39, 0.29) is 9.62 Å². The second-order valence-corrected chi connectivity index (χ2v) is 9.49. The van der Waals surface area contributed by atoms with Gasteiger partial charge in [-0.15, -0.1) is 0 Å². The fraction of sp³-hybridized carbons (Fsp3) is 0.882. The number of unbranched alkanes of at least 4 members (excludes halogenated alkanes) is 1. The molecule has 132 valence electrons. The van der Waals surface area contributed by atoms with Crippen LogP contribution in [0, 0.1) is 0 Å². The van der Waals surface area contributed by atoms with Crippen molar-refractivity contribution in [2.24, 2.45) is 0 Å². The van der Waals surface area contributed by atoms with Gasteiger partial charge in [0.2, 0.25) is 0 Å². The summed E-state index contributed by atoms with van der Waals surface area (Å²) in [4.78, 5) is 2.38. The molecule has 0 aliphatic heterocycles. The fourth-order valence-corrected chi connectivity index (χ4v) is 2.66. The summed E-state index contributed by atoms with van der Waals surface area (Å²) in [5.74, 6) is 0. The maximum atomic E-state index is 4.68. The Kier molecular flexibility index (Phi) is 10.9. The Morgan fingerprint density at radius 1 is 1.09 bits per heavy atom. The van der Waals surface area contributed by atoms with E-state index >= 15 is 0 Å². The normalized spacial score (nSPS) is 12.7. The van der Waals surface area contributed by atoms with Gasteiger partial charge in [-0.1, -0.05) is 6.58 Å². The summed E-state index contributed by atoms with van der Waals surface area (Å²) in [6, 6.07) is 0. The van der Waals surface area contributed by atoms with E-state index < -0.39 is 0 Å². The zero-order valence-corrected chi connectivity index (χ0v) is 17.0. The molecule has 0 amide bonds. The molecule has 0 saturated heterocycles. The summed E-state index contributed by atoms with van der Waals surface area (Å²) in [5.41, 5.74) is 1.15. The van der Waals surface area contributed by atoms with Crippen molar-refractivity contribution in [1.82, 2.24) is 15.5 Å². The van der Waals surface area contributed by atoms with E-state index in [1.54, 1.807) is 0 Å². The van der Waals surface area contributed by atoms with Crippen LogP contribution in [-0.2, 0) is 0 Å². The molecule has 0 saturated carbocycles. The molecule has 0 radical (unpaired) electrons. The van der Waals surface area contributed by atoms with Gasteiger partial charge >= 0.3 is 0 Å². The highest BCUT2D eigenvalue weighted by atomic mass is 32.1. The molecule has 0 aromatic heterocycles. The van der Waals surface area contributed by atoms with Crippen molar-refractivity contribution in [1.29, 1.82) is 0 Å². The van der Waals surface area contributed by atoms with E-state index in [9.17, 15) is 0 Å². The van der Waals surface area contributed by atoms with E-state index in [1.807, 2.05) is 0 Å². The molecule has 0 unspecified atom stereocenters. The minimum Gasteiger partial charge on any atom is -0.389 e. The van der Waals surface area contributed by atoms with Crippen LogP contribution in [0.3, 0.4) is 0 Å². The molecule has 22 heavy (non-hydrogen) atoms. The lowest BCUT2D eigenvalue weighted by molar-refractivity contribution is 0.247. The average Bonchev–Trinajstić information content (AvgIpc) is 2.31. The molecular formula is C17H37N3S2. The maximum Gasteiger partial charge on any atom is 0.0558 e. The highest BCUT2D eigenvalue weighted by Gasteiger charge is 2.18. The van der Waals surface area contributed by atoms with Crippen LogP contribution in [0.1, 0.15) is 53.9 Å². The number of allylic oxidation sites excluding steroid dienone is 1. The molecule has 0 aliphatic rings. The molecule has 0 rings (SSSR count). The lowest BCUT2D eigenvalue weighted by atomic mass is 10.1. The zero-order valence-electron chi connectivity index (χ0n) is 15.2. The second-order valence-electron chi connectivity index (χ2n) is 7.17. The van der Waals surface area contributed by atoms with Crippen LogP contribution in [-0.4, -0.2) is 47.2 Å². The van der Waals surface area contributed by atoms with E-state index in [0.29, 0.717) is 0 Å². The number of hydrogen-bond acceptors (Lipinski definition) is 5. The Morgan fingerprint density at radius 2 is 1.73 bits per heavy atom. The van der Waals surface area contributed by atoms with Crippen LogP contribution in [0.2, 0.25) is 0 Å². The first-order valence-corrected chi connectivity index (χ1v) is 9.27. The Balaban J connectivity index is 4.11. The van der Waals surface area contributed by atoms with Gasteiger partial charge in [0.1, 0.15) is 0 Å². The number of nitrogens with zero attached hydrogens (tertiary/aromatic N) is 1. The summed E-state index contributed by atoms with van der Waals surface area (Å²) in [6.07, 6.45) is 3.44. The Bertz CT molecular complexity index is 306. The monoisotopic (exact) mass is 347 g/mol. The van der Waals surface area contributed by atoms with Gasteiger partial charge in [-0.3, -0.25) is 0 Å². The standard InChI is InChI=1S/C17H37N3S2/c1-7-18-15(2)10-8-9-12-20(14-16(3,4)21)13-11-19-17(5,6)22/h18-19,21-22H,2,7-14H2,1,3-6H3. The molecule has 2 N–H and O–H groups in total. The predicted molar refractivity (Wildman–Crippen MR) is 107 cm³/mol. The lowest BCUT2D eigenvalue weighted by Crippen LogP contribution is -2.43. The predicted octanol–water partition coefficient (Wildman–Crippen LogP) is 3.55. The van der Waals surface area contributed by atoms with Crippen molar-refractivity contribution >= 4 is 25.3 Å². The third kappa shape index (κ3) is 15.1. The summed E-state index contributed by atoms with van der Waals surface area (Å²) in [7, 11) is 0. The summed E-state index contributed by atoms with van der Waals surface area (Å²) >= 11 is 9.19. The van der Waals surface area contributed by atoms with Crippen molar-refractivity contribution < 1.29 is 0 Å². The largest absolute Gasteiger partial charge is 0.389 e. The van der Waals surface area contributed by atoms with Gasteiger partial charge in [0, 0.05) is 36.6 Å². The van der Waals surface area contributed by atoms with Crippen molar-refractivity contribution in [2.45, 2.75) is 63.5 Å². The van der Waals surface area contributed by atoms with Gasteiger partial charge in [-0.05, 0) is 60.4 Å². The van der Waals surface area contributed by atoms with Gasteiger partial charge in [-0.2, -0.15) is 25.3 Å². The number of thiol groups is 2. The van der Waals surface area contributed by atoms with Crippen LogP contribution in [0.4, 0.5) is 0 Å². The molecule has 0 aromatic rings. The van der Waals surface area contributed by atoms with Gasteiger partial charge < -0.3 is 15.5 Å². The van der Waals surface area contributed by atoms with Gasteiger partial charge in [-0.25, -0.2) is 0 Å². The van der Waals surface area contributed by atoms with Crippen LogP contribution in [0.25, 0.3) is 0 Å². The third-order valence-electron chi connectivity index (χ3n) is 3.23. The Morgan fingerprint density at radius 3 is 2.23 bits per heavy atom. The molecule has 0 atom stereocenters. The Hall–Kier alpha value is 0.160. The minimum absolute atomic E-state index is 0.0316. The van der Waals surface area contributed by atoms with Crippen molar-refractivity contribution in [2.75, 3.05) is 32.7 Å². The zero-order chi connectivity index (χ0) is 17.2. The number of nitrogens with one attached hydrogen (secondary N) is 2. The highest BCUT2D eigenvalue weighted by Crippen LogP contribution is 2.15. The quantitative estimate of drug-likeness (QED) is 0.233. The van der Waals surface area contributed by atoms with Crippen molar-refractivity contribution in [3.63, 3.8) is 0 Å². The molecule has 0 fully saturated rings. The third-order valence-corrected chi connectivity index (χ3v) is 3.53. The molecule has 0 aliphatic carbocycles. The van der Waals surface area contributed by atoms with E-state index in [0.717, 1.165) is 44.8 Å².